The Bertz CT molecular complexity index is 334. The van der Waals surface area contributed by atoms with Crippen LogP contribution in [-0.2, 0) is 0 Å². The molecule has 6 heteroatoms. The van der Waals surface area contributed by atoms with Crippen LogP contribution in [0.2, 0.25) is 5.02 Å². The molecule has 0 spiro atoms. The summed E-state index contributed by atoms with van der Waals surface area (Å²) < 4.78 is 26.5. The molecule has 0 amide bonds. The van der Waals surface area contributed by atoms with Crippen LogP contribution in [0.3, 0.4) is 0 Å². The molecule has 0 aromatic heterocycles. The first-order valence-electron chi connectivity index (χ1n) is 4.17. The van der Waals surface area contributed by atoms with Gasteiger partial charge in [-0.3, -0.25) is 0 Å². The van der Waals surface area contributed by atoms with Gasteiger partial charge in [0.1, 0.15) is 11.6 Å². The molecule has 0 heterocycles. The summed E-state index contributed by atoms with van der Waals surface area (Å²) in [4.78, 5) is 0. The molecule has 0 aliphatic heterocycles. The highest BCUT2D eigenvalue weighted by Gasteiger charge is 2.18. The van der Waals surface area contributed by atoms with Gasteiger partial charge in [-0.25, -0.2) is 8.78 Å². The first-order chi connectivity index (χ1) is 6.57. The molecule has 0 saturated carbocycles. The van der Waals surface area contributed by atoms with Crippen molar-refractivity contribution in [2.45, 2.75) is 12.5 Å². The highest BCUT2D eigenvalue weighted by Crippen LogP contribution is 2.26. The molecule has 0 unspecified atom stereocenters. The second-order valence-electron chi connectivity index (χ2n) is 2.94. The molecule has 1 aromatic rings. The van der Waals surface area contributed by atoms with E-state index in [0.29, 0.717) is 6.42 Å². The third-order valence-electron chi connectivity index (χ3n) is 1.93. The van der Waals surface area contributed by atoms with Gasteiger partial charge in [-0.1, -0.05) is 11.6 Å². The van der Waals surface area contributed by atoms with Crippen molar-refractivity contribution in [3.8, 4) is 0 Å². The molecule has 2 nitrogen and oxygen atoms in total. The Balaban J connectivity index is 0.00000196. The van der Waals surface area contributed by atoms with E-state index in [-0.39, 0.29) is 29.5 Å². The highest BCUT2D eigenvalue weighted by atomic mass is 35.5. The van der Waals surface area contributed by atoms with E-state index >= 15 is 0 Å². The molecule has 0 radical (unpaired) electrons. The Hall–Kier alpha value is -0.420. The van der Waals surface area contributed by atoms with E-state index in [4.69, 9.17) is 23.1 Å². The first kappa shape index (κ1) is 14.6. The van der Waals surface area contributed by atoms with Gasteiger partial charge < -0.3 is 11.5 Å². The van der Waals surface area contributed by atoms with E-state index in [2.05, 4.69) is 0 Å². The van der Waals surface area contributed by atoms with Crippen LogP contribution in [-0.4, -0.2) is 6.54 Å². The first-order valence-corrected chi connectivity index (χ1v) is 4.54. The van der Waals surface area contributed by atoms with Gasteiger partial charge in [0, 0.05) is 11.6 Å². The van der Waals surface area contributed by atoms with E-state index in [0.717, 1.165) is 12.1 Å². The smallest absolute Gasteiger partial charge is 0.149 e. The van der Waals surface area contributed by atoms with Crippen LogP contribution in [0.25, 0.3) is 0 Å². The fourth-order valence-corrected chi connectivity index (χ4v) is 1.37. The molecular weight excluding hydrogens is 245 g/mol. The topological polar surface area (TPSA) is 52.0 Å². The second kappa shape index (κ2) is 6.23. The van der Waals surface area contributed by atoms with E-state index in [1.165, 1.54) is 0 Å². The predicted octanol–water partition coefficient (Wildman–Crippen LogP) is 2.39. The Morgan fingerprint density at radius 1 is 1.33 bits per heavy atom. The number of halogens is 4. The van der Waals surface area contributed by atoms with Gasteiger partial charge in [-0.15, -0.1) is 12.4 Å². The van der Waals surface area contributed by atoms with Crippen molar-refractivity contribution in [2.75, 3.05) is 6.54 Å². The molecule has 4 N–H and O–H groups in total. The van der Waals surface area contributed by atoms with Crippen molar-refractivity contribution in [2.24, 2.45) is 11.5 Å². The summed E-state index contributed by atoms with van der Waals surface area (Å²) in [7, 11) is 0. The maximum Gasteiger partial charge on any atom is 0.149 e. The molecule has 0 aliphatic rings. The number of benzene rings is 1. The molecule has 0 fully saturated rings. The number of nitrogens with two attached hydrogens (primary N) is 2. The van der Waals surface area contributed by atoms with Gasteiger partial charge >= 0.3 is 0 Å². The van der Waals surface area contributed by atoms with Crippen LogP contribution in [0.1, 0.15) is 18.0 Å². The summed E-state index contributed by atoms with van der Waals surface area (Å²) in [6, 6.07) is 1.50. The molecule has 1 rings (SSSR count). The van der Waals surface area contributed by atoms with Crippen molar-refractivity contribution in [3.05, 3.63) is 34.4 Å². The standard InChI is InChI=1S/C9H11ClF2N2.ClH/c10-5-1-2-6(11)8(9(5)12)7(14)3-4-13;/h1-2,7H,3-4,13-14H2;1H/t7-;/m1./s1. The quantitative estimate of drug-likeness (QED) is 0.817. The van der Waals surface area contributed by atoms with Crippen molar-refractivity contribution in [1.82, 2.24) is 0 Å². The van der Waals surface area contributed by atoms with E-state index < -0.39 is 17.7 Å². The third kappa shape index (κ3) is 3.28. The van der Waals surface area contributed by atoms with Crippen molar-refractivity contribution in [3.63, 3.8) is 0 Å². The minimum absolute atomic E-state index is 0. The molecule has 1 atom stereocenters. The average Bonchev–Trinajstić information content (AvgIpc) is 2.13. The van der Waals surface area contributed by atoms with Crippen LogP contribution < -0.4 is 11.5 Å². The second-order valence-corrected chi connectivity index (χ2v) is 3.35. The Morgan fingerprint density at radius 3 is 2.47 bits per heavy atom. The van der Waals surface area contributed by atoms with Crippen molar-refractivity contribution >= 4 is 24.0 Å². The van der Waals surface area contributed by atoms with Crippen LogP contribution >= 0.6 is 24.0 Å². The third-order valence-corrected chi connectivity index (χ3v) is 2.22. The zero-order chi connectivity index (χ0) is 10.7. The number of hydrogen-bond acceptors (Lipinski definition) is 2. The lowest BCUT2D eigenvalue weighted by molar-refractivity contribution is 0.515. The molecule has 0 aliphatic carbocycles. The summed E-state index contributed by atoms with van der Waals surface area (Å²) in [5, 5.41) is -0.131. The lowest BCUT2D eigenvalue weighted by Gasteiger charge is -2.13. The van der Waals surface area contributed by atoms with Gasteiger partial charge in [0.2, 0.25) is 0 Å². The minimum atomic E-state index is -0.799. The van der Waals surface area contributed by atoms with Gasteiger partial charge in [0.25, 0.3) is 0 Å². The summed E-state index contributed by atoms with van der Waals surface area (Å²) in [5.41, 5.74) is 10.6. The Labute approximate surface area is 98.0 Å². The maximum absolute atomic E-state index is 13.3. The molecule has 0 bridgehead atoms. The van der Waals surface area contributed by atoms with Gasteiger partial charge in [0.15, 0.2) is 0 Å². The van der Waals surface area contributed by atoms with Gasteiger partial charge in [-0.2, -0.15) is 0 Å². The summed E-state index contributed by atoms with van der Waals surface area (Å²) >= 11 is 5.50. The van der Waals surface area contributed by atoms with Crippen LogP contribution in [0.15, 0.2) is 12.1 Å². The SMILES string of the molecule is Cl.NCC[C@@H](N)c1c(F)ccc(Cl)c1F. The Kier molecular flexibility index (Phi) is 6.05. The highest BCUT2D eigenvalue weighted by molar-refractivity contribution is 6.30. The van der Waals surface area contributed by atoms with Crippen LogP contribution in [0, 0.1) is 11.6 Å². The molecule has 0 saturated heterocycles. The monoisotopic (exact) mass is 256 g/mol. The fourth-order valence-electron chi connectivity index (χ4n) is 1.21. The molecular formula is C9H12Cl2F2N2. The van der Waals surface area contributed by atoms with E-state index in [9.17, 15) is 8.78 Å². The fraction of sp³-hybridized carbons (Fsp3) is 0.333. The Morgan fingerprint density at radius 2 is 1.93 bits per heavy atom. The summed E-state index contributed by atoms with van der Waals surface area (Å²) in [6.45, 7) is 0.270. The molecule has 15 heavy (non-hydrogen) atoms. The largest absolute Gasteiger partial charge is 0.330 e. The average molecular weight is 257 g/mol. The molecule has 86 valence electrons. The molecule has 1 aromatic carbocycles. The lowest BCUT2D eigenvalue weighted by Crippen LogP contribution is -2.18. The van der Waals surface area contributed by atoms with Crippen molar-refractivity contribution in [1.29, 1.82) is 0 Å². The van der Waals surface area contributed by atoms with Gasteiger partial charge in [-0.05, 0) is 25.1 Å². The van der Waals surface area contributed by atoms with Crippen LogP contribution in [0.4, 0.5) is 8.78 Å². The van der Waals surface area contributed by atoms with Gasteiger partial charge in [0.05, 0.1) is 5.02 Å². The summed E-state index contributed by atoms with van der Waals surface area (Å²) in [6.07, 6.45) is 0.314. The number of hydrogen-bond donors (Lipinski definition) is 2. The lowest BCUT2D eigenvalue weighted by atomic mass is 10.0. The minimum Gasteiger partial charge on any atom is -0.330 e. The summed E-state index contributed by atoms with van der Waals surface area (Å²) in [5.74, 6) is -1.49. The zero-order valence-corrected chi connectivity index (χ0v) is 9.42. The van der Waals surface area contributed by atoms with Crippen LogP contribution in [0.5, 0.6) is 0 Å². The number of rotatable bonds is 3. The van der Waals surface area contributed by atoms with Crippen molar-refractivity contribution < 1.29 is 8.78 Å². The normalized spacial score (nSPS) is 12.1. The maximum atomic E-state index is 13.3. The zero-order valence-electron chi connectivity index (χ0n) is 7.84. The predicted molar refractivity (Wildman–Crippen MR) is 59.2 cm³/mol. The van der Waals surface area contributed by atoms with E-state index in [1.54, 1.807) is 0 Å². The van der Waals surface area contributed by atoms with E-state index in [1.807, 2.05) is 0 Å².